The maximum absolute atomic E-state index is 13.2. The summed E-state index contributed by atoms with van der Waals surface area (Å²) in [7, 11) is -1.41. The summed E-state index contributed by atoms with van der Waals surface area (Å²) in [6.45, 7) is 3.75. The van der Waals surface area contributed by atoms with Crippen molar-refractivity contribution in [3.8, 4) is 0 Å². The van der Waals surface area contributed by atoms with Crippen LogP contribution in [0.15, 0.2) is 23.1 Å². The van der Waals surface area contributed by atoms with Gasteiger partial charge in [-0.3, -0.25) is 4.21 Å². The van der Waals surface area contributed by atoms with Crippen molar-refractivity contribution in [3.63, 3.8) is 0 Å². The molecule has 1 aromatic carbocycles. The van der Waals surface area contributed by atoms with Gasteiger partial charge in [0.25, 0.3) is 0 Å². The topological polar surface area (TPSA) is 38.3 Å². The predicted molar refractivity (Wildman–Crippen MR) is 69.5 cm³/mol. The first-order valence-corrected chi connectivity index (χ1v) is 7.51. The molecule has 3 atom stereocenters. The fraction of sp³-hybridized carbons (Fsp3) is 0.538. The van der Waals surface area contributed by atoms with Crippen LogP contribution in [0, 0.1) is 11.6 Å². The number of hydrogen-bond donors (Lipinski definition) is 1. The molecule has 1 N–H and O–H groups in total. The van der Waals surface area contributed by atoms with Gasteiger partial charge in [-0.15, -0.1) is 0 Å². The van der Waals surface area contributed by atoms with Crippen LogP contribution in [0.5, 0.6) is 0 Å². The summed E-state index contributed by atoms with van der Waals surface area (Å²) in [6.07, 6.45) is 0.772. The lowest BCUT2D eigenvalue weighted by Crippen LogP contribution is -2.48. The van der Waals surface area contributed by atoms with E-state index in [4.69, 9.17) is 4.74 Å². The van der Waals surface area contributed by atoms with E-state index in [1.165, 1.54) is 6.07 Å². The van der Waals surface area contributed by atoms with Crippen molar-refractivity contribution in [2.75, 3.05) is 19.8 Å². The van der Waals surface area contributed by atoms with E-state index in [0.717, 1.165) is 25.1 Å². The van der Waals surface area contributed by atoms with Crippen molar-refractivity contribution in [1.29, 1.82) is 0 Å². The van der Waals surface area contributed by atoms with E-state index in [9.17, 15) is 13.0 Å². The second-order valence-corrected chi connectivity index (χ2v) is 6.11. The van der Waals surface area contributed by atoms with Crippen molar-refractivity contribution >= 4 is 10.8 Å². The molecule has 3 nitrogen and oxygen atoms in total. The maximum atomic E-state index is 13.2. The standard InChI is InChI=1S/C13H17F2NO2S/c1-2-16-12-5-6-18-8-13(12)19(17)9-3-4-10(14)11(15)7-9/h3-4,7,12-13,16H,2,5-6,8H2,1H3. The molecular weight excluding hydrogens is 272 g/mol. The highest BCUT2D eigenvalue weighted by Crippen LogP contribution is 2.21. The van der Waals surface area contributed by atoms with Crippen LogP contribution < -0.4 is 5.32 Å². The Kier molecular flexibility index (Phi) is 5.01. The third kappa shape index (κ3) is 3.38. The largest absolute Gasteiger partial charge is 0.380 e. The molecule has 1 fully saturated rings. The van der Waals surface area contributed by atoms with E-state index in [-0.39, 0.29) is 11.3 Å². The minimum absolute atomic E-state index is 0.0766. The Morgan fingerprint density at radius 2 is 2.21 bits per heavy atom. The second-order valence-electron chi connectivity index (χ2n) is 4.44. The molecule has 0 aromatic heterocycles. The molecule has 106 valence electrons. The lowest BCUT2D eigenvalue weighted by atomic mass is 10.1. The molecular formula is C13H17F2NO2S. The molecule has 0 spiro atoms. The lowest BCUT2D eigenvalue weighted by molar-refractivity contribution is 0.0824. The molecule has 0 saturated carbocycles. The van der Waals surface area contributed by atoms with E-state index in [1.54, 1.807) is 0 Å². The van der Waals surface area contributed by atoms with Crippen LogP contribution in [-0.2, 0) is 15.5 Å². The van der Waals surface area contributed by atoms with Crippen molar-refractivity contribution in [1.82, 2.24) is 5.32 Å². The first-order valence-electron chi connectivity index (χ1n) is 6.30. The molecule has 19 heavy (non-hydrogen) atoms. The minimum Gasteiger partial charge on any atom is -0.380 e. The molecule has 1 aliphatic heterocycles. The smallest absolute Gasteiger partial charge is 0.160 e. The molecule has 1 aromatic rings. The molecule has 1 aliphatic rings. The molecule has 3 unspecified atom stereocenters. The number of ether oxygens (including phenoxy) is 1. The molecule has 0 bridgehead atoms. The average molecular weight is 289 g/mol. The van der Waals surface area contributed by atoms with Gasteiger partial charge >= 0.3 is 0 Å². The van der Waals surface area contributed by atoms with Crippen molar-refractivity contribution in [2.45, 2.75) is 29.5 Å². The highest BCUT2D eigenvalue weighted by Gasteiger charge is 2.31. The third-order valence-electron chi connectivity index (χ3n) is 3.17. The normalized spacial score (nSPS) is 25.2. The number of hydrogen-bond acceptors (Lipinski definition) is 3. The summed E-state index contributed by atoms with van der Waals surface area (Å²) >= 11 is 0. The Labute approximate surface area is 113 Å². The molecule has 1 saturated heterocycles. The lowest BCUT2D eigenvalue weighted by Gasteiger charge is -2.31. The van der Waals surface area contributed by atoms with Gasteiger partial charge in [0, 0.05) is 17.5 Å². The van der Waals surface area contributed by atoms with Gasteiger partial charge in [0.15, 0.2) is 11.6 Å². The van der Waals surface area contributed by atoms with Gasteiger partial charge in [-0.05, 0) is 31.2 Å². The van der Waals surface area contributed by atoms with Crippen LogP contribution in [0.25, 0.3) is 0 Å². The first-order chi connectivity index (χ1) is 9.13. The quantitative estimate of drug-likeness (QED) is 0.919. The van der Waals surface area contributed by atoms with Crippen LogP contribution in [0.2, 0.25) is 0 Å². The predicted octanol–water partition coefficient (Wildman–Crippen LogP) is 1.84. The second kappa shape index (κ2) is 6.54. The third-order valence-corrected chi connectivity index (χ3v) is 4.90. The van der Waals surface area contributed by atoms with Crippen LogP contribution >= 0.6 is 0 Å². The van der Waals surface area contributed by atoms with E-state index in [0.29, 0.717) is 18.1 Å². The highest BCUT2D eigenvalue weighted by molar-refractivity contribution is 7.85. The zero-order valence-corrected chi connectivity index (χ0v) is 11.5. The van der Waals surface area contributed by atoms with E-state index in [2.05, 4.69) is 5.32 Å². The summed E-state index contributed by atoms with van der Waals surface area (Å²) in [4.78, 5) is 0.303. The van der Waals surface area contributed by atoms with Gasteiger partial charge in [-0.1, -0.05) is 6.92 Å². The monoisotopic (exact) mass is 289 g/mol. The van der Waals surface area contributed by atoms with Gasteiger partial charge in [-0.2, -0.15) is 0 Å². The first kappa shape index (κ1) is 14.6. The Balaban J connectivity index is 2.18. The molecule has 0 aliphatic carbocycles. The van der Waals surface area contributed by atoms with Crippen molar-refractivity contribution in [3.05, 3.63) is 29.8 Å². The Morgan fingerprint density at radius 1 is 1.42 bits per heavy atom. The van der Waals surface area contributed by atoms with Crippen LogP contribution in [0.1, 0.15) is 13.3 Å². The fourth-order valence-electron chi connectivity index (χ4n) is 2.20. The number of rotatable bonds is 4. The van der Waals surface area contributed by atoms with Crippen LogP contribution in [0.3, 0.4) is 0 Å². The van der Waals surface area contributed by atoms with Gasteiger partial charge in [0.1, 0.15) is 0 Å². The van der Waals surface area contributed by atoms with Crippen LogP contribution in [0.4, 0.5) is 8.78 Å². The van der Waals surface area contributed by atoms with Crippen molar-refractivity contribution < 1.29 is 17.7 Å². The maximum Gasteiger partial charge on any atom is 0.160 e. The SMILES string of the molecule is CCNC1CCOCC1S(=O)c1ccc(F)c(F)c1. The van der Waals surface area contributed by atoms with Gasteiger partial charge in [-0.25, -0.2) is 8.78 Å². The summed E-state index contributed by atoms with van der Waals surface area (Å²) < 4.78 is 43.9. The van der Waals surface area contributed by atoms with E-state index < -0.39 is 22.4 Å². The zero-order valence-electron chi connectivity index (χ0n) is 10.7. The molecule has 0 radical (unpaired) electrons. The average Bonchev–Trinajstić information content (AvgIpc) is 2.42. The van der Waals surface area contributed by atoms with Crippen LogP contribution in [-0.4, -0.2) is 35.3 Å². The van der Waals surface area contributed by atoms with Crippen molar-refractivity contribution in [2.24, 2.45) is 0 Å². The fourth-order valence-corrected chi connectivity index (χ4v) is 3.72. The van der Waals surface area contributed by atoms with E-state index >= 15 is 0 Å². The number of halogens is 2. The van der Waals surface area contributed by atoms with E-state index in [1.807, 2.05) is 6.92 Å². The number of benzene rings is 1. The molecule has 1 heterocycles. The zero-order chi connectivity index (χ0) is 13.8. The summed E-state index contributed by atoms with van der Waals surface area (Å²) in [5.74, 6) is -1.90. The molecule has 6 heteroatoms. The Bertz CT molecular complexity index is 468. The summed E-state index contributed by atoms with van der Waals surface area (Å²) in [6, 6.07) is 3.46. The summed E-state index contributed by atoms with van der Waals surface area (Å²) in [5.41, 5.74) is 0. The highest BCUT2D eigenvalue weighted by atomic mass is 32.2. The number of nitrogens with one attached hydrogen (secondary N) is 1. The Hall–Kier alpha value is -0.850. The van der Waals surface area contributed by atoms with Gasteiger partial charge < -0.3 is 10.1 Å². The minimum atomic E-state index is -1.41. The van der Waals surface area contributed by atoms with Gasteiger partial charge in [0.2, 0.25) is 0 Å². The Morgan fingerprint density at radius 3 is 2.89 bits per heavy atom. The van der Waals surface area contributed by atoms with Gasteiger partial charge in [0.05, 0.1) is 22.7 Å². The molecule has 0 amide bonds. The molecule has 2 rings (SSSR count). The summed E-state index contributed by atoms with van der Waals surface area (Å²) in [5, 5.41) is 3.03.